The van der Waals surface area contributed by atoms with E-state index in [-0.39, 0.29) is 76.3 Å². The number of amides is 1. The molecule has 4 aromatic carbocycles. The van der Waals surface area contributed by atoms with Gasteiger partial charge in [-0.25, -0.2) is 13.4 Å². The van der Waals surface area contributed by atoms with Gasteiger partial charge in [0.2, 0.25) is 0 Å². The average Bonchev–Trinajstić information content (AvgIpc) is 2.96. The fraction of sp³-hybridized carbons (Fsp3) is 0. The Balaban J connectivity index is 0.00000308. The van der Waals surface area contributed by atoms with Crippen LogP contribution >= 0.6 is 12.0 Å². The molecule has 4 aromatic rings. The standard InChI is InChI=1S/C28H22N2O8S2.2Na/c31-28(22-7-3-1-4-8-22)30-24-16-13-20(26(17-24)39-38-37-32)11-12-21-14-15-23(18-27(21)40(33,34)35)29-19-36-25-9-5-2-6-10-25;;/h1-19,32H,(H,30,31)(H,33,34,35);;/q;2*+1/p-2. The Morgan fingerprint density at radius 2 is 1.50 bits per heavy atom. The molecule has 0 aliphatic heterocycles. The van der Waals surface area contributed by atoms with E-state index in [0.717, 1.165) is 12.5 Å². The quantitative estimate of drug-likeness (QED) is 0.0325. The Bertz CT molecular complexity index is 1640. The third-order valence-corrected chi connectivity index (χ3v) is 6.85. The molecule has 10 nitrogen and oxygen atoms in total. The molecular formula is C28H20N2Na2O8S2. The van der Waals surface area contributed by atoms with E-state index in [1.165, 1.54) is 24.3 Å². The molecule has 0 saturated carbocycles. The number of carbonyl (C=O) groups excluding carboxylic acids is 1. The number of hydrogen-bond donors (Lipinski definition) is 1. The fourth-order valence-corrected chi connectivity index (χ4v) is 4.65. The zero-order chi connectivity index (χ0) is 28.4. The van der Waals surface area contributed by atoms with E-state index < -0.39 is 15.0 Å². The molecule has 14 heteroatoms. The fourth-order valence-electron chi connectivity index (χ4n) is 3.45. The maximum atomic E-state index is 12.5. The van der Waals surface area contributed by atoms with Crippen LogP contribution in [-0.4, -0.2) is 25.3 Å². The molecule has 0 aromatic heterocycles. The van der Waals surface area contributed by atoms with Gasteiger partial charge < -0.3 is 19.9 Å². The molecular weight excluding hydrogens is 602 g/mol. The van der Waals surface area contributed by atoms with Crippen LogP contribution < -0.4 is 74.4 Å². The van der Waals surface area contributed by atoms with Gasteiger partial charge in [0.15, 0.2) is 6.40 Å². The molecule has 0 fully saturated rings. The number of hydrogen-bond acceptors (Lipinski definition) is 10. The Morgan fingerprint density at radius 3 is 2.17 bits per heavy atom. The first-order chi connectivity index (χ1) is 19.3. The van der Waals surface area contributed by atoms with Crippen molar-refractivity contribution < 1.29 is 96.2 Å². The molecule has 0 aliphatic rings. The molecule has 0 radical (unpaired) electrons. The van der Waals surface area contributed by atoms with Crippen molar-refractivity contribution in [2.75, 3.05) is 5.32 Å². The molecule has 1 amide bonds. The summed E-state index contributed by atoms with van der Waals surface area (Å²) >= 11 is 0.588. The largest absolute Gasteiger partial charge is 1.00 e. The molecule has 0 saturated heterocycles. The maximum Gasteiger partial charge on any atom is 1.00 e. The number of nitrogens with one attached hydrogen (secondary N) is 1. The first-order valence-electron chi connectivity index (χ1n) is 11.5. The van der Waals surface area contributed by atoms with Crippen molar-refractivity contribution in [1.29, 1.82) is 0 Å². The predicted molar refractivity (Wildman–Crippen MR) is 147 cm³/mol. The maximum absolute atomic E-state index is 12.5. The minimum atomic E-state index is -4.86. The Morgan fingerprint density at radius 1 is 0.857 bits per heavy atom. The number of ether oxygens (including phenoxy) is 1. The summed E-state index contributed by atoms with van der Waals surface area (Å²) in [5.74, 6) is 0.191. The van der Waals surface area contributed by atoms with Crippen LogP contribution in [0.25, 0.3) is 12.2 Å². The van der Waals surface area contributed by atoms with E-state index in [1.54, 1.807) is 72.8 Å². The predicted octanol–water partition coefficient (Wildman–Crippen LogP) is -1.01. The van der Waals surface area contributed by atoms with Crippen LogP contribution in [0.3, 0.4) is 0 Å². The topological polar surface area (TPSA) is 149 Å². The molecule has 0 heterocycles. The van der Waals surface area contributed by atoms with Crippen LogP contribution in [0.1, 0.15) is 21.5 Å². The van der Waals surface area contributed by atoms with Crippen molar-refractivity contribution in [2.45, 2.75) is 9.79 Å². The van der Waals surface area contributed by atoms with Gasteiger partial charge in [-0.1, -0.05) is 60.7 Å². The van der Waals surface area contributed by atoms with Crippen LogP contribution in [0.15, 0.2) is 112 Å². The summed E-state index contributed by atoms with van der Waals surface area (Å²) in [5.41, 5.74) is 1.64. The van der Waals surface area contributed by atoms with E-state index in [4.69, 9.17) is 4.74 Å². The number of aliphatic imine (C=N–C) groups is 1. The van der Waals surface area contributed by atoms with Gasteiger partial charge in [-0.2, -0.15) is 4.33 Å². The minimum absolute atomic E-state index is 0. The molecule has 0 atom stereocenters. The van der Waals surface area contributed by atoms with Crippen molar-refractivity contribution >= 4 is 58.0 Å². The van der Waals surface area contributed by atoms with Crippen LogP contribution in [0, 0.1) is 0 Å². The van der Waals surface area contributed by atoms with E-state index in [9.17, 15) is 23.0 Å². The van der Waals surface area contributed by atoms with Crippen molar-refractivity contribution in [3.05, 3.63) is 114 Å². The zero-order valence-electron chi connectivity index (χ0n) is 22.5. The summed E-state index contributed by atoms with van der Waals surface area (Å²) in [4.78, 5) is 16.4. The minimum Gasteiger partial charge on any atom is -0.744 e. The van der Waals surface area contributed by atoms with Crippen LogP contribution in [-0.2, 0) is 19.5 Å². The van der Waals surface area contributed by atoms with Gasteiger partial charge in [-0.3, -0.25) is 9.83 Å². The second-order valence-corrected chi connectivity index (χ2v) is 10.1. The molecule has 0 spiro atoms. The molecule has 0 unspecified atom stereocenters. The Labute approximate surface area is 291 Å². The molecule has 0 bridgehead atoms. The average molecular weight is 623 g/mol. The smallest absolute Gasteiger partial charge is 0.744 e. The third kappa shape index (κ3) is 10.8. The van der Waals surface area contributed by atoms with E-state index in [1.807, 2.05) is 6.07 Å². The summed E-state index contributed by atoms with van der Waals surface area (Å²) in [6.45, 7) is 0. The molecule has 0 aliphatic carbocycles. The monoisotopic (exact) mass is 622 g/mol. The number of rotatable bonds is 11. The Kier molecular flexibility index (Phi) is 15.2. The van der Waals surface area contributed by atoms with E-state index >= 15 is 0 Å². The molecule has 42 heavy (non-hydrogen) atoms. The number of nitrogens with zero attached hydrogens (tertiary/aromatic N) is 1. The van der Waals surface area contributed by atoms with Crippen LogP contribution in [0.5, 0.6) is 5.75 Å². The summed E-state index contributed by atoms with van der Waals surface area (Å²) in [6.07, 6.45) is 4.07. The second-order valence-electron chi connectivity index (χ2n) is 7.97. The van der Waals surface area contributed by atoms with Gasteiger partial charge >= 0.3 is 59.1 Å². The van der Waals surface area contributed by atoms with Crippen LogP contribution in [0.4, 0.5) is 11.4 Å². The number of benzene rings is 4. The number of carbonyl (C=O) groups is 1. The van der Waals surface area contributed by atoms with Gasteiger partial charge in [0.25, 0.3) is 5.91 Å². The SMILES string of the molecule is O=C(Nc1ccc(C=Cc2ccc(N=COc3ccccc3)cc2S(=O)(=O)[O-])c(SOO[O-])c1)c1ccccc1.[Na+].[Na+]. The van der Waals surface area contributed by atoms with Crippen molar-refractivity contribution in [2.24, 2.45) is 4.99 Å². The van der Waals surface area contributed by atoms with Gasteiger partial charge in [0, 0.05) is 16.1 Å². The summed E-state index contributed by atoms with van der Waals surface area (Å²) in [7, 11) is -4.86. The zero-order valence-corrected chi connectivity index (χ0v) is 28.1. The van der Waals surface area contributed by atoms with Gasteiger partial charge in [0.1, 0.15) is 15.9 Å². The summed E-state index contributed by atoms with van der Waals surface area (Å²) < 4.78 is 45.8. The first kappa shape index (κ1) is 35.9. The summed E-state index contributed by atoms with van der Waals surface area (Å²) in [5, 5.41) is 16.6. The van der Waals surface area contributed by atoms with Crippen molar-refractivity contribution in [3.63, 3.8) is 0 Å². The first-order valence-corrected chi connectivity index (χ1v) is 13.6. The number of para-hydroxylation sites is 1. The third-order valence-electron chi connectivity index (χ3n) is 5.30. The number of anilines is 1. The van der Waals surface area contributed by atoms with Gasteiger partial charge in [-0.15, -0.1) is 0 Å². The van der Waals surface area contributed by atoms with Crippen LogP contribution in [0.2, 0.25) is 0 Å². The normalized spacial score (nSPS) is 11.1. The molecule has 1 N–H and O–H groups in total. The summed E-state index contributed by atoms with van der Waals surface area (Å²) in [6, 6.07) is 26.2. The van der Waals surface area contributed by atoms with Gasteiger partial charge in [0.05, 0.1) is 22.6 Å². The second kappa shape index (κ2) is 17.7. The van der Waals surface area contributed by atoms with Gasteiger partial charge in [-0.05, 0) is 59.7 Å². The van der Waals surface area contributed by atoms with E-state index in [0.29, 0.717) is 39.5 Å². The molecule has 4 rings (SSSR count). The van der Waals surface area contributed by atoms with E-state index in [2.05, 4.69) is 19.7 Å². The van der Waals surface area contributed by atoms with Crippen molar-refractivity contribution in [1.82, 2.24) is 0 Å². The Hall–Kier alpha value is -2.30. The molecule has 204 valence electrons. The van der Waals surface area contributed by atoms with Crippen molar-refractivity contribution in [3.8, 4) is 5.75 Å².